The first kappa shape index (κ1) is 20.4. The fraction of sp³-hybridized carbons (Fsp3) is 0.421. The average Bonchev–Trinajstić information content (AvgIpc) is 3.15. The molecule has 1 aromatic heterocycles. The lowest BCUT2D eigenvalue weighted by Gasteiger charge is -2.32. The number of aromatic nitrogens is 1. The fourth-order valence-electron chi connectivity index (χ4n) is 2.86. The maximum Gasteiger partial charge on any atom is 0.226 e. The number of nitrogens with one attached hydrogen (secondary N) is 2. The number of rotatable bonds is 9. The number of halogens is 1. The highest BCUT2D eigenvalue weighted by Gasteiger charge is 2.29. The number of anilines is 1. The Kier molecular flexibility index (Phi) is 7.60. The predicted octanol–water partition coefficient (Wildman–Crippen LogP) is 4.39. The molecule has 0 saturated carbocycles. The van der Waals surface area contributed by atoms with Crippen LogP contribution >= 0.6 is 22.9 Å². The van der Waals surface area contributed by atoms with Gasteiger partial charge < -0.3 is 10.6 Å². The van der Waals surface area contributed by atoms with Gasteiger partial charge in [-0.2, -0.15) is 0 Å². The average molecular weight is 394 g/mol. The van der Waals surface area contributed by atoms with Crippen LogP contribution < -0.4 is 10.6 Å². The lowest BCUT2D eigenvalue weighted by atomic mass is 9.76. The summed E-state index contributed by atoms with van der Waals surface area (Å²) < 4.78 is 0. The number of amides is 2. The molecule has 0 aliphatic carbocycles. The number of carbonyl (C=O) groups is 2. The van der Waals surface area contributed by atoms with Crippen LogP contribution in [0.2, 0.25) is 5.02 Å². The van der Waals surface area contributed by atoms with Crippen LogP contribution in [0.15, 0.2) is 35.8 Å². The van der Waals surface area contributed by atoms with Crippen molar-refractivity contribution in [3.63, 3.8) is 0 Å². The zero-order valence-corrected chi connectivity index (χ0v) is 16.6. The van der Waals surface area contributed by atoms with Gasteiger partial charge in [0, 0.05) is 41.4 Å². The van der Waals surface area contributed by atoms with Gasteiger partial charge in [-0.1, -0.05) is 37.6 Å². The Bertz CT molecular complexity index is 713. The van der Waals surface area contributed by atoms with Gasteiger partial charge in [0.15, 0.2) is 5.13 Å². The first-order chi connectivity index (χ1) is 12.5. The molecule has 0 fully saturated rings. The smallest absolute Gasteiger partial charge is 0.226 e. The van der Waals surface area contributed by atoms with E-state index < -0.39 is 0 Å². The molecule has 0 spiro atoms. The van der Waals surface area contributed by atoms with Crippen LogP contribution in [-0.2, 0) is 15.0 Å². The van der Waals surface area contributed by atoms with Crippen molar-refractivity contribution in [2.45, 2.75) is 44.9 Å². The number of thiazole rings is 1. The van der Waals surface area contributed by atoms with Crippen molar-refractivity contribution in [3.05, 3.63) is 46.4 Å². The molecule has 2 amide bonds. The molecule has 0 aliphatic heterocycles. The molecule has 0 radical (unpaired) electrons. The summed E-state index contributed by atoms with van der Waals surface area (Å²) in [6.07, 6.45) is 3.71. The van der Waals surface area contributed by atoms with Gasteiger partial charge >= 0.3 is 0 Å². The van der Waals surface area contributed by atoms with Gasteiger partial charge in [0.05, 0.1) is 0 Å². The summed E-state index contributed by atoms with van der Waals surface area (Å²) >= 11 is 7.34. The van der Waals surface area contributed by atoms with Crippen molar-refractivity contribution in [3.8, 4) is 0 Å². The molecule has 2 aromatic rings. The molecule has 140 valence electrons. The summed E-state index contributed by atoms with van der Waals surface area (Å²) in [5.74, 6) is -0.329. The highest BCUT2D eigenvalue weighted by Crippen LogP contribution is 2.31. The molecule has 7 heteroatoms. The molecule has 1 aromatic carbocycles. The predicted molar refractivity (Wildman–Crippen MR) is 107 cm³/mol. The van der Waals surface area contributed by atoms with Crippen molar-refractivity contribution in [1.29, 1.82) is 0 Å². The molecule has 0 unspecified atom stereocenters. The molecule has 2 rings (SSSR count). The third-order valence-electron chi connectivity index (χ3n) is 4.69. The maximum atomic E-state index is 12.2. The third-order valence-corrected chi connectivity index (χ3v) is 5.63. The Hall–Kier alpha value is -1.92. The summed E-state index contributed by atoms with van der Waals surface area (Å²) in [5, 5.41) is 8.70. The first-order valence-corrected chi connectivity index (χ1v) is 9.97. The second-order valence-corrected chi connectivity index (χ2v) is 7.49. The normalized spacial score (nSPS) is 11.2. The molecule has 0 aliphatic rings. The highest BCUT2D eigenvalue weighted by molar-refractivity contribution is 7.13. The summed E-state index contributed by atoms with van der Waals surface area (Å²) in [6.45, 7) is 4.77. The minimum absolute atomic E-state index is 0.125. The Morgan fingerprint density at radius 2 is 1.77 bits per heavy atom. The maximum absolute atomic E-state index is 12.2. The van der Waals surface area contributed by atoms with Crippen LogP contribution in [0.3, 0.4) is 0 Å². The molecular weight excluding hydrogens is 370 g/mol. The molecule has 0 saturated heterocycles. The summed E-state index contributed by atoms with van der Waals surface area (Å²) in [7, 11) is 0. The zero-order valence-electron chi connectivity index (χ0n) is 15.0. The van der Waals surface area contributed by atoms with Crippen LogP contribution in [0.25, 0.3) is 0 Å². The van der Waals surface area contributed by atoms with Crippen LogP contribution in [0.5, 0.6) is 0 Å². The fourth-order valence-corrected chi connectivity index (χ4v) is 3.54. The van der Waals surface area contributed by atoms with Gasteiger partial charge in [0.2, 0.25) is 11.8 Å². The quantitative estimate of drug-likeness (QED) is 0.663. The minimum atomic E-state index is -0.204. The topological polar surface area (TPSA) is 71.1 Å². The van der Waals surface area contributed by atoms with Crippen LogP contribution in [0.4, 0.5) is 5.13 Å². The number of benzene rings is 1. The van der Waals surface area contributed by atoms with Crippen molar-refractivity contribution in [2.24, 2.45) is 0 Å². The van der Waals surface area contributed by atoms with Gasteiger partial charge in [-0.25, -0.2) is 4.98 Å². The molecular formula is C19H24ClN3O2S. The SMILES string of the molecule is CCC(CC)(CNC(=O)CCC(=O)Nc1nccs1)c1ccc(Cl)cc1. The number of hydrogen-bond acceptors (Lipinski definition) is 4. The Labute approximate surface area is 163 Å². The third kappa shape index (κ3) is 5.54. The van der Waals surface area contributed by atoms with Crippen LogP contribution in [0, 0.1) is 0 Å². The van der Waals surface area contributed by atoms with E-state index in [2.05, 4.69) is 29.5 Å². The van der Waals surface area contributed by atoms with E-state index in [9.17, 15) is 9.59 Å². The van der Waals surface area contributed by atoms with Crippen molar-refractivity contribution in [1.82, 2.24) is 10.3 Å². The van der Waals surface area contributed by atoms with Gasteiger partial charge in [0.1, 0.15) is 0 Å². The van der Waals surface area contributed by atoms with E-state index in [0.717, 1.165) is 18.4 Å². The number of carbonyl (C=O) groups excluding carboxylic acids is 2. The molecule has 26 heavy (non-hydrogen) atoms. The van der Waals surface area contributed by atoms with Crippen LogP contribution in [-0.4, -0.2) is 23.3 Å². The van der Waals surface area contributed by atoms with E-state index in [4.69, 9.17) is 11.6 Å². The van der Waals surface area contributed by atoms with Crippen molar-refractivity contribution in [2.75, 3.05) is 11.9 Å². The molecule has 2 N–H and O–H groups in total. The van der Waals surface area contributed by atoms with E-state index >= 15 is 0 Å². The Balaban J connectivity index is 1.86. The molecule has 5 nitrogen and oxygen atoms in total. The van der Waals surface area contributed by atoms with E-state index in [1.165, 1.54) is 11.3 Å². The minimum Gasteiger partial charge on any atom is -0.355 e. The van der Waals surface area contributed by atoms with Gasteiger partial charge in [-0.15, -0.1) is 11.3 Å². The molecule has 1 heterocycles. The molecule has 0 atom stereocenters. The van der Waals surface area contributed by atoms with Crippen molar-refractivity contribution < 1.29 is 9.59 Å². The Morgan fingerprint density at radius 1 is 1.12 bits per heavy atom. The lowest BCUT2D eigenvalue weighted by molar-refractivity contribution is -0.124. The zero-order chi connectivity index (χ0) is 19.0. The number of nitrogens with zero attached hydrogens (tertiary/aromatic N) is 1. The first-order valence-electron chi connectivity index (χ1n) is 8.71. The van der Waals surface area contributed by atoms with Gasteiger partial charge in [-0.3, -0.25) is 9.59 Å². The van der Waals surface area contributed by atoms with Crippen LogP contribution in [0.1, 0.15) is 45.1 Å². The molecule has 0 bridgehead atoms. The van der Waals surface area contributed by atoms with E-state index in [-0.39, 0.29) is 30.1 Å². The lowest BCUT2D eigenvalue weighted by Crippen LogP contribution is -2.40. The summed E-state index contributed by atoms with van der Waals surface area (Å²) in [4.78, 5) is 28.0. The highest BCUT2D eigenvalue weighted by atomic mass is 35.5. The largest absolute Gasteiger partial charge is 0.355 e. The summed E-state index contributed by atoms with van der Waals surface area (Å²) in [6, 6.07) is 7.79. The Morgan fingerprint density at radius 3 is 2.35 bits per heavy atom. The van der Waals surface area contributed by atoms with E-state index in [1.807, 2.05) is 24.3 Å². The standard InChI is InChI=1S/C19H24ClN3O2S/c1-3-19(4-2,14-5-7-15(20)8-6-14)13-22-16(24)9-10-17(25)23-18-21-11-12-26-18/h5-8,11-12H,3-4,9-10,13H2,1-2H3,(H,22,24)(H,21,23,25). The van der Waals surface area contributed by atoms with E-state index in [1.54, 1.807) is 11.6 Å². The van der Waals surface area contributed by atoms with Gasteiger partial charge in [0.25, 0.3) is 0 Å². The number of hydrogen-bond donors (Lipinski definition) is 2. The van der Waals surface area contributed by atoms with Crippen molar-refractivity contribution >= 4 is 39.9 Å². The van der Waals surface area contributed by atoms with Gasteiger partial charge in [-0.05, 0) is 30.5 Å². The second-order valence-electron chi connectivity index (χ2n) is 6.16. The van der Waals surface area contributed by atoms with E-state index in [0.29, 0.717) is 16.7 Å². The second kappa shape index (κ2) is 9.69. The monoisotopic (exact) mass is 393 g/mol. The summed E-state index contributed by atoms with van der Waals surface area (Å²) in [5.41, 5.74) is 1.03.